The molecule has 142 valence electrons. The Labute approximate surface area is 163 Å². The molecule has 4 rings (SSSR count). The van der Waals surface area contributed by atoms with Gasteiger partial charge in [-0.1, -0.05) is 18.2 Å². The Bertz CT molecular complexity index is 946. The van der Waals surface area contributed by atoms with Gasteiger partial charge in [0.15, 0.2) is 5.82 Å². The third-order valence-corrected chi connectivity index (χ3v) is 4.90. The molecule has 1 aliphatic heterocycles. The summed E-state index contributed by atoms with van der Waals surface area (Å²) in [6.07, 6.45) is 3.47. The van der Waals surface area contributed by atoms with Crippen molar-refractivity contribution in [1.29, 1.82) is 0 Å². The van der Waals surface area contributed by atoms with Crippen molar-refractivity contribution in [3.63, 3.8) is 0 Å². The molecule has 1 amide bonds. The van der Waals surface area contributed by atoms with Gasteiger partial charge in [0.1, 0.15) is 11.6 Å². The standard InChI is InChI=1S/C22H21FN4O/c23-18-10-8-16(9-11-18)21-24-13-12-20(26-21)27-14-4-5-17(15-27)22(28)25-19-6-2-1-3-7-19/h1-3,6-13,17H,4-5,14-15H2,(H,25,28). The van der Waals surface area contributed by atoms with E-state index in [1.165, 1.54) is 12.1 Å². The highest BCUT2D eigenvalue weighted by Gasteiger charge is 2.26. The molecule has 1 atom stereocenters. The van der Waals surface area contributed by atoms with Crippen molar-refractivity contribution >= 4 is 17.4 Å². The number of amides is 1. The highest BCUT2D eigenvalue weighted by Crippen LogP contribution is 2.25. The Morgan fingerprint density at radius 1 is 1.07 bits per heavy atom. The maximum Gasteiger partial charge on any atom is 0.229 e. The lowest BCUT2D eigenvalue weighted by molar-refractivity contribution is -0.120. The monoisotopic (exact) mass is 376 g/mol. The predicted molar refractivity (Wildman–Crippen MR) is 107 cm³/mol. The number of benzene rings is 2. The van der Waals surface area contributed by atoms with Crippen molar-refractivity contribution in [3.8, 4) is 11.4 Å². The molecule has 28 heavy (non-hydrogen) atoms. The fourth-order valence-corrected chi connectivity index (χ4v) is 3.43. The molecule has 2 heterocycles. The molecule has 1 aliphatic rings. The van der Waals surface area contributed by atoms with Crippen LogP contribution in [0.25, 0.3) is 11.4 Å². The molecule has 3 aromatic rings. The number of para-hydroxylation sites is 1. The smallest absolute Gasteiger partial charge is 0.229 e. The quantitative estimate of drug-likeness (QED) is 0.744. The Kier molecular flexibility index (Phi) is 5.28. The first kappa shape index (κ1) is 18.1. The van der Waals surface area contributed by atoms with Crippen LogP contribution in [0.1, 0.15) is 12.8 Å². The van der Waals surface area contributed by atoms with Gasteiger partial charge in [-0.05, 0) is 55.3 Å². The van der Waals surface area contributed by atoms with Crippen LogP contribution in [0.5, 0.6) is 0 Å². The molecule has 1 unspecified atom stereocenters. The summed E-state index contributed by atoms with van der Waals surface area (Å²) in [6.45, 7) is 1.45. The number of rotatable bonds is 4. The summed E-state index contributed by atoms with van der Waals surface area (Å²) in [5.74, 6) is 0.977. The van der Waals surface area contributed by atoms with Gasteiger partial charge >= 0.3 is 0 Å². The molecule has 1 fully saturated rings. The number of nitrogens with zero attached hydrogens (tertiary/aromatic N) is 3. The van der Waals surface area contributed by atoms with Crippen molar-refractivity contribution in [2.24, 2.45) is 5.92 Å². The van der Waals surface area contributed by atoms with Gasteiger partial charge in [-0.15, -0.1) is 0 Å². The average molecular weight is 376 g/mol. The van der Waals surface area contributed by atoms with Gasteiger partial charge in [-0.3, -0.25) is 4.79 Å². The van der Waals surface area contributed by atoms with Crippen LogP contribution in [0.2, 0.25) is 0 Å². The number of carbonyl (C=O) groups is 1. The van der Waals surface area contributed by atoms with Crippen molar-refractivity contribution in [1.82, 2.24) is 9.97 Å². The summed E-state index contributed by atoms with van der Waals surface area (Å²) in [4.78, 5) is 23.7. The van der Waals surface area contributed by atoms with Gasteiger partial charge in [0.25, 0.3) is 0 Å². The van der Waals surface area contributed by atoms with E-state index < -0.39 is 0 Å². The fraction of sp³-hybridized carbons (Fsp3) is 0.227. The molecule has 1 N–H and O–H groups in total. The molecule has 5 nitrogen and oxygen atoms in total. The summed E-state index contributed by atoms with van der Waals surface area (Å²) in [5, 5.41) is 2.99. The first-order valence-corrected chi connectivity index (χ1v) is 9.39. The molecule has 1 aromatic heterocycles. The van der Waals surface area contributed by atoms with Crippen molar-refractivity contribution in [3.05, 3.63) is 72.7 Å². The van der Waals surface area contributed by atoms with Crippen LogP contribution in [-0.2, 0) is 4.79 Å². The van der Waals surface area contributed by atoms with E-state index in [0.717, 1.165) is 36.5 Å². The van der Waals surface area contributed by atoms with E-state index >= 15 is 0 Å². The molecular weight excluding hydrogens is 355 g/mol. The van der Waals surface area contributed by atoms with Crippen LogP contribution >= 0.6 is 0 Å². The highest BCUT2D eigenvalue weighted by molar-refractivity contribution is 5.93. The van der Waals surface area contributed by atoms with Gasteiger partial charge < -0.3 is 10.2 Å². The van der Waals surface area contributed by atoms with Crippen molar-refractivity contribution in [2.75, 3.05) is 23.3 Å². The first-order valence-electron chi connectivity index (χ1n) is 9.39. The maximum absolute atomic E-state index is 13.2. The minimum Gasteiger partial charge on any atom is -0.356 e. The molecular formula is C22H21FN4O. The Balaban J connectivity index is 1.48. The number of anilines is 2. The van der Waals surface area contributed by atoms with Gasteiger partial charge in [-0.2, -0.15) is 0 Å². The number of carbonyl (C=O) groups excluding carboxylic acids is 1. The van der Waals surface area contributed by atoms with Crippen LogP contribution in [0.15, 0.2) is 66.9 Å². The maximum atomic E-state index is 13.2. The predicted octanol–water partition coefficient (Wildman–Crippen LogP) is 4.14. The Morgan fingerprint density at radius 2 is 1.86 bits per heavy atom. The van der Waals surface area contributed by atoms with E-state index in [9.17, 15) is 9.18 Å². The number of nitrogens with one attached hydrogen (secondary N) is 1. The van der Waals surface area contributed by atoms with Crippen LogP contribution in [0.4, 0.5) is 15.9 Å². The van der Waals surface area contributed by atoms with E-state index in [4.69, 9.17) is 0 Å². The Morgan fingerprint density at radius 3 is 2.64 bits per heavy atom. The summed E-state index contributed by atoms with van der Waals surface area (Å²) >= 11 is 0. The summed E-state index contributed by atoms with van der Waals surface area (Å²) in [6, 6.07) is 17.5. The number of halogens is 1. The second kappa shape index (κ2) is 8.17. The summed E-state index contributed by atoms with van der Waals surface area (Å²) < 4.78 is 13.2. The largest absolute Gasteiger partial charge is 0.356 e. The number of piperidine rings is 1. The summed E-state index contributed by atoms with van der Waals surface area (Å²) in [7, 11) is 0. The van der Waals surface area contributed by atoms with Gasteiger partial charge in [0, 0.05) is 30.5 Å². The van der Waals surface area contributed by atoms with Crippen LogP contribution in [0.3, 0.4) is 0 Å². The van der Waals surface area contributed by atoms with Gasteiger partial charge in [-0.25, -0.2) is 14.4 Å². The molecule has 6 heteroatoms. The lowest BCUT2D eigenvalue weighted by atomic mass is 9.97. The van der Waals surface area contributed by atoms with Gasteiger partial charge in [0.05, 0.1) is 5.92 Å². The third-order valence-electron chi connectivity index (χ3n) is 4.90. The van der Waals surface area contributed by atoms with E-state index in [1.807, 2.05) is 36.4 Å². The molecule has 0 spiro atoms. The topological polar surface area (TPSA) is 58.1 Å². The first-order chi connectivity index (χ1) is 13.7. The molecule has 2 aromatic carbocycles. The lowest BCUT2D eigenvalue weighted by Gasteiger charge is -2.33. The molecule has 0 radical (unpaired) electrons. The minimum atomic E-state index is -0.289. The number of aromatic nitrogens is 2. The second-order valence-corrected chi connectivity index (χ2v) is 6.89. The van der Waals surface area contributed by atoms with Crippen LogP contribution in [0, 0.1) is 11.7 Å². The number of hydrogen-bond donors (Lipinski definition) is 1. The van der Waals surface area contributed by atoms with Crippen LogP contribution < -0.4 is 10.2 Å². The van der Waals surface area contributed by atoms with Gasteiger partial charge in [0.2, 0.25) is 5.91 Å². The third kappa shape index (κ3) is 4.17. The molecule has 0 aliphatic carbocycles. The molecule has 0 bridgehead atoms. The number of hydrogen-bond acceptors (Lipinski definition) is 4. The van der Waals surface area contributed by atoms with E-state index in [-0.39, 0.29) is 17.6 Å². The van der Waals surface area contributed by atoms with E-state index in [2.05, 4.69) is 20.2 Å². The molecule has 0 saturated carbocycles. The normalized spacial score (nSPS) is 16.6. The van der Waals surface area contributed by atoms with Crippen LogP contribution in [-0.4, -0.2) is 29.0 Å². The zero-order valence-corrected chi connectivity index (χ0v) is 15.4. The average Bonchev–Trinajstić information content (AvgIpc) is 2.75. The Hall–Kier alpha value is -3.28. The fourth-order valence-electron chi connectivity index (χ4n) is 3.43. The van der Waals surface area contributed by atoms with Crippen molar-refractivity contribution in [2.45, 2.75) is 12.8 Å². The second-order valence-electron chi connectivity index (χ2n) is 6.89. The minimum absolute atomic E-state index is 0.0312. The highest BCUT2D eigenvalue weighted by atomic mass is 19.1. The van der Waals surface area contributed by atoms with Crippen molar-refractivity contribution < 1.29 is 9.18 Å². The lowest BCUT2D eigenvalue weighted by Crippen LogP contribution is -2.41. The molecule has 1 saturated heterocycles. The van der Waals surface area contributed by atoms with E-state index in [0.29, 0.717) is 12.4 Å². The SMILES string of the molecule is O=C(Nc1ccccc1)C1CCCN(c2ccnc(-c3ccc(F)cc3)n2)C1. The zero-order valence-electron chi connectivity index (χ0n) is 15.4. The van der Waals surface area contributed by atoms with E-state index in [1.54, 1.807) is 18.3 Å². The summed E-state index contributed by atoms with van der Waals surface area (Å²) in [5.41, 5.74) is 1.57. The zero-order chi connectivity index (χ0) is 19.3.